The van der Waals surface area contributed by atoms with E-state index in [1.807, 2.05) is 18.3 Å². The predicted octanol–water partition coefficient (Wildman–Crippen LogP) is 3.40. The molecule has 0 spiro atoms. The highest BCUT2D eigenvalue weighted by Crippen LogP contribution is 2.30. The summed E-state index contributed by atoms with van der Waals surface area (Å²) in [5, 5.41) is 6.89. The van der Waals surface area contributed by atoms with Gasteiger partial charge < -0.3 is 15.4 Å². The van der Waals surface area contributed by atoms with Crippen molar-refractivity contribution in [2.75, 3.05) is 24.3 Å². The second-order valence-corrected chi connectivity index (χ2v) is 5.70. The summed E-state index contributed by atoms with van der Waals surface area (Å²) in [5.41, 5.74) is 4.06. The molecule has 23 heavy (non-hydrogen) atoms. The average molecular weight is 311 g/mol. The van der Waals surface area contributed by atoms with Crippen molar-refractivity contribution in [3.63, 3.8) is 0 Å². The number of aryl methyl sites for hydroxylation is 1. The molecule has 1 aliphatic rings. The number of aromatic nitrogens is 1. The highest BCUT2D eigenvalue weighted by Gasteiger charge is 2.16. The molecule has 0 saturated heterocycles. The number of nitrogens with zero attached hydrogens (tertiary/aromatic N) is 1. The molecule has 2 N–H and O–H groups in total. The summed E-state index contributed by atoms with van der Waals surface area (Å²) >= 11 is 0. The van der Waals surface area contributed by atoms with Crippen LogP contribution in [0.2, 0.25) is 0 Å². The summed E-state index contributed by atoms with van der Waals surface area (Å²) in [6.45, 7) is 3.06. The van der Waals surface area contributed by atoms with Gasteiger partial charge in [0.1, 0.15) is 5.82 Å². The van der Waals surface area contributed by atoms with E-state index in [2.05, 4.69) is 28.6 Å². The standard InChI is InChI=1S/C18H21N3O2/c1-12(13-5-7-15(8-6-13)18(22)23-2)21-17-16-14(9-11-20-17)4-3-10-19-16/h5-9,11-12,19H,3-4,10H2,1-2H3,(H,20,21)/t12-/m0/s1. The lowest BCUT2D eigenvalue weighted by atomic mass is 10.0. The maximum absolute atomic E-state index is 11.5. The normalized spacial score (nSPS) is 14.3. The Kier molecular flexibility index (Phi) is 4.46. The Balaban J connectivity index is 1.77. The minimum Gasteiger partial charge on any atom is -0.465 e. The lowest BCUT2D eigenvalue weighted by Gasteiger charge is -2.23. The molecule has 0 aliphatic carbocycles. The van der Waals surface area contributed by atoms with Crippen molar-refractivity contribution >= 4 is 17.5 Å². The average Bonchev–Trinajstić information content (AvgIpc) is 2.61. The molecule has 120 valence electrons. The molecule has 3 rings (SSSR count). The zero-order chi connectivity index (χ0) is 16.2. The fourth-order valence-corrected chi connectivity index (χ4v) is 2.82. The first-order valence-corrected chi connectivity index (χ1v) is 7.85. The van der Waals surface area contributed by atoms with Gasteiger partial charge in [0.15, 0.2) is 0 Å². The Labute approximate surface area is 136 Å². The first-order chi connectivity index (χ1) is 11.2. The van der Waals surface area contributed by atoms with Crippen LogP contribution in [0.3, 0.4) is 0 Å². The summed E-state index contributed by atoms with van der Waals surface area (Å²) < 4.78 is 4.72. The molecule has 0 amide bonds. The van der Waals surface area contributed by atoms with Crippen LogP contribution in [0.15, 0.2) is 36.5 Å². The largest absolute Gasteiger partial charge is 0.465 e. The van der Waals surface area contributed by atoms with E-state index in [-0.39, 0.29) is 12.0 Å². The molecule has 0 radical (unpaired) electrons. The molecule has 1 atom stereocenters. The van der Waals surface area contributed by atoms with E-state index >= 15 is 0 Å². The molecule has 1 aromatic heterocycles. The molecule has 0 fully saturated rings. The Bertz CT molecular complexity index is 698. The lowest BCUT2D eigenvalue weighted by molar-refractivity contribution is 0.0600. The van der Waals surface area contributed by atoms with Gasteiger partial charge in [0.2, 0.25) is 0 Å². The monoisotopic (exact) mass is 311 g/mol. The van der Waals surface area contributed by atoms with Gasteiger partial charge in [0.25, 0.3) is 0 Å². The van der Waals surface area contributed by atoms with Crippen LogP contribution >= 0.6 is 0 Å². The van der Waals surface area contributed by atoms with Gasteiger partial charge in [-0.05, 0) is 49.1 Å². The summed E-state index contributed by atoms with van der Waals surface area (Å²) in [6.07, 6.45) is 4.09. The fourth-order valence-electron chi connectivity index (χ4n) is 2.82. The number of carbonyl (C=O) groups excluding carboxylic acids is 1. The number of carbonyl (C=O) groups is 1. The third-order valence-electron chi connectivity index (χ3n) is 4.15. The summed E-state index contributed by atoms with van der Waals surface area (Å²) in [4.78, 5) is 16.0. The smallest absolute Gasteiger partial charge is 0.337 e. The molecular weight excluding hydrogens is 290 g/mol. The highest BCUT2D eigenvalue weighted by atomic mass is 16.5. The van der Waals surface area contributed by atoms with Crippen LogP contribution in [-0.2, 0) is 11.2 Å². The third kappa shape index (κ3) is 3.28. The maximum atomic E-state index is 11.5. The van der Waals surface area contributed by atoms with Crippen LogP contribution in [0, 0.1) is 0 Å². The van der Waals surface area contributed by atoms with E-state index < -0.39 is 0 Å². The van der Waals surface area contributed by atoms with E-state index in [0.29, 0.717) is 5.56 Å². The Morgan fingerprint density at radius 1 is 1.30 bits per heavy atom. The zero-order valence-electron chi connectivity index (χ0n) is 13.4. The van der Waals surface area contributed by atoms with Crippen molar-refractivity contribution in [3.05, 3.63) is 53.2 Å². The summed E-state index contributed by atoms with van der Waals surface area (Å²) in [5.74, 6) is 0.562. The van der Waals surface area contributed by atoms with E-state index in [1.165, 1.54) is 12.7 Å². The number of fused-ring (bicyclic) bond motifs is 1. The van der Waals surface area contributed by atoms with Gasteiger partial charge in [-0.25, -0.2) is 9.78 Å². The minimum absolute atomic E-state index is 0.0874. The Hall–Kier alpha value is -2.56. The third-order valence-corrected chi connectivity index (χ3v) is 4.15. The number of benzene rings is 1. The van der Waals surface area contributed by atoms with Crippen molar-refractivity contribution in [1.82, 2.24) is 4.98 Å². The molecule has 1 aromatic carbocycles. The van der Waals surface area contributed by atoms with Gasteiger partial charge in [-0.3, -0.25) is 0 Å². The number of hydrogen-bond acceptors (Lipinski definition) is 5. The van der Waals surface area contributed by atoms with Crippen molar-refractivity contribution in [1.29, 1.82) is 0 Å². The van der Waals surface area contributed by atoms with Crippen molar-refractivity contribution in [3.8, 4) is 0 Å². The topological polar surface area (TPSA) is 63.2 Å². The Morgan fingerprint density at radius 2 is 2.09 bits per heavy atom. The van der Waals surface area contributed by atoms with Crippen molar-refractivity contribution < 1.29 is 9.53 Å². The quantitative estimate of drug-likeness (QED) is 0.847. The molecular formula is C18H21N3O2. The number of rotatable bonds is 4. The van der Waals surface area contributed by atoms with E-state index in [9.17, 15) is 4.79 Å². The molecule has 5 nitrogen and oxygen atoms in total. The van der Waals surface area contributed by atoms with Gasteiger partial charge in [-0.2, -0.15) is 0 Å². The fraction of sp³-hybridized carbons (Fsp3) is 0.333. The van der Waals surface area contributed by atoms with E-state index in [1.54, 1.807) is 12.1 Å². The van der Waals surface area contributed by atoms with Crippen LogP contribution in [0.25, 0.3) is 0 Å². The van der Waals surface area contributed by atoms with Gasteiger partial charge in [-0.15, -0.1) is 0 Å². The van der Waals surface area contributed by atoms with Gasteiger partial charge in [0.05, 0.1) is 24.4 Å². The predicted molar refractivity (Wildman–Crippen MR) is 90.9 cm³/mol. The summed E-state index contributed by atoms with van der Waals surface area (Å²) in [6, 6.07) is 9.60. The first kappa shape index (κ1) is 15.3. The number of anilines is 2. The van der Waals surface area contributed by atoms with Gasteiger partial charge in [0, 0.05) is 12.7 Å². The molecule has 0 unspecified atom stereocenters. The first-order valence-electron chi connectivity index (χ1n) is 7.85. The van der Waals surface area contributed by atoms with Crippen LogP contribution in [0.4, 0.5) is 11.5 Å². The van der Waals surface area contributed by atoms with Crippen molar-refractivity contribution in [2.24, 2.45) is 0 Å². The van der Waals surface area contributed by atoms with Crippen LogP contribution in [0.5, 0.6) is 0 Å². The van der Waals surface area contributed by atoms with Crippen LogP contribution in [0.1, 0.15) is 40.9 Å². The molecule has 5 heteroatoms. The SMILES string of the molecule is COC(=O)c1ccc([C@H](C)Nc2nccc3c2NCCC3)cc1. The van der Waals surface area contributed by atoms with Crippen LogP contribution < -0.4 is 10.6 Å². The maximum Gasteiger partial charge on any atom is 0.337 e. The molecule has 1 aliphatic heterocycles. The number of pyridine rings is 1. The Morgan fingerprint density at radius 3 is 2.83 bits per heavy atom. The minimum atomic E-state index is -0.319. The second-order valence-electron chi connectivity index (χ2n) is 5.70. The molecule has 2 heterocycles. The molecule has 2 aromatic rings. The highest BCUT2D eigenvalue weighted by molar-refractivity contribution is 5.89. The number of hydrogen-bond donors (Lipinski definition) is 2. The van der Waals surface area contributed by atoms with Crippen molar-refractivity contribution in [2.45, 2.75) is 25.8 Å². The zero-order valence-corrected chi connectivity index (χ0v) is 13.4. The van der Waals surface area contributed by atoms with Gasteiger partial charge >= 0.3 is 5.97 Å². The number of esters is 1. The molecule has 0 saturated carbocycles. The van der Waals surface area contributed by atoms with E-state index in [0.717, 1.165) is 36.5 Å². The second kappa shape index (κ2) is 6.69. The lowest BCUT2D eigenvalue weighted by Crippen LogP contribution is -2.16. The number of ether oxygens (including phenoxy) is 1. The molecule has 0 bridgehead atoms. The number of nitrogens with one attached hydrogen (secondary N) is 2. The van der Waals surface area contributed by atoms with Gasteiger partial charge in [-0.1, -0.05) is 12.1 Å². The summed E-state index contributed by atoms with van der Waals surface area (Å²) in [7, 11) is 1.39. The van der Waals surface area contributed by atoms with Crippen LogP contribution in [-0.4, -0.2) is 24.6 Å². The van der Waals surface area contributed by atoms with E-state index in [4.69, 9.17) is 4.74 Å². The number of methoxy groups -OCH3 is 1.